The monoisotopic (exact) mass is 439 g/mol. The smallest absolute Gasteiger partial charge is 0.238 e. The number of rotatable bonds is 8. The fourth-order valence-corrected chi connectivity index (χ4v) is 4.18. The molecule has 0 spiro atoms. The molecule has 0 unspecified atom stereocenters. The van der Waals surface area contributed by atoms with Crippen LogP contribution in [0, 0.1) is 6.92 Å². The van der Waals surface area contributed by atoms with Crippen LogP contribution in [0.25, 0.3) is 10.8 Å². The lowest BCUT2D eigenvalue weighted by atomic mass is 10.1. The van der Waals surface area contributed by atoms with Crippen LogP contribution in [0.1, 0.15) is 18.2 Å². The molecule has 1 saturated heterocycles. The lowest BCUT2D eigenvalue weighted by Gasteiger charge is -2.39. The van der Waals surface area contributed by atoms with E-state index in [0.29, 0.717) is 31.3 Å². The Morgan fingerprint density at radius 1 is 1.26 bits per heavy atom. The second-order valence-corrected chi connectivity index (χ2v) is 8.96. The van der Waals surface area contributed by atoms with Gasteiger partial charge in [0.15, 0.2) is 5.82 Å². The number of hydrogen-bond acceptors (Lipinski definition) is 6. The standard InChI is InChI=1S/C23H25N3O4S/c1-15-10-21(25-30-15)24-23(28)16(2)31-14-22(27)26-11-19(12-26)29-13-18-8-5-7-17-6-3-4-9-20(17)18/h3-10,16,19H,11-14H2,1-2H3,(H,24,25,28)/t16-/m1/s1. The van der Waals surface area contributed by atoms with Crippen LogP contribution in [0.4, 0.5) is 5.82 Å². The van der Waals surface area contributed by atoms with Crippen LogP contribution >= 0.6 is 11.8 Å². The number of anilines is 1. The summed E-state index contributed by atoms with van der Waals surface area (Å²) >= 11 is 1.31. The van der Waals surface area contributed by atoms with Crippen LogP contribution in [-0.2, 0) is 20.9 Å². The van der Waals surface area contributed by atoms with E-state index in [9.17, 15) is 9.59 Å². The predicted octanol–water partition coefficient (Wildman–Crippen LogP) is 3.62. The molecule has 7 nitrogen and oxygen atoms in total. The number of carbonyl (C=O) groups is 2. The first-order valence-electron chi connectivity index (χ1n) is 10.2. The quantitative estimate of drug-likeness (QED) is 0.577. The maximum atomic E-state index is 12.4. The van der Waals surface area contributed by atoms with Crippen LogP contribution in [-0.4, -0.2) is 52.1 Å². The topological polar surface area (TPSA) is 84.7 Å². The van der Waals surface area contributed by atoms with Gasteiger partial charge < -0.3 is 19.5 Å². The lowest BCUT2D eigenvalue weighted by molar-refractivity contribution is -0.142. The van der Waals surface area contributed by atoms with E-state index >= 15 is 0 Å². The Hall–Kier alpha value is -2.84. The molecule has 8 heteroatoms. The van der Waals surface area contributed by atoms with Gasteiger partial charge in [-0.3, -0.25) is 9.59 Å². The Kier molecular flexibility index (Phi) is 6.58. The average Bonchev–Trinajstić information content (AvgIpc) is 3.15. The Bertz CT molecular complexity index is 1070. The van der Waals surface area contributed by atoms with Crippen LogP contribution < -0.4 is 5.32 Å². The van der Waals surface area contributed by atoms with Crippen molar-refractivity contribution in [1.29, 1.82) is 0 Å². The number of likely N-dealkylation sites (tertiary alicyclic amines) is 1. The second kappa shape index (κ2) is 9.53. The van der Waals surface area contributed by atoms with Gasteiger partial charge in [0.25, 0.3) is 0 Å². The molecule has 1 aliphatic rings. The highest BCUT2D eigenvalue weighted by atomic mass is 32.2. The average molecular weight is 440 g/mol. The molecule has 0 aliphatic carbocycles. The molecule has 0 bridgehead atoms. The van der Waals surface area contributed by atoms with Gasteiger partial charge in [0.1, 0.15) is 5.76 Å². The van der Waals surface area contributed by atoms with E-state index in [4.69, 9.17) is 9.26 Å². The van der Waals surface area contributed by atoms with Crippen molar-refractivity contribution in [1.82, 2.24) is 10.1 Å². The molecule has 0 radical (unpaired) electrons. The summed E-state index contributed by atoms with van der Waals surface area (Å²) in [4.78, 5) is 26.4. The molecule has 2 amide bonds. The Labute approximate surface area is 185 Å². The highest BCUT2D eigenvalue weighted by Gasteiger charge is 2.31. The van der Waals surface area contributed by atoms with E-state index in [1.165, 1.54) is 22.5 Å². The largest absolute Gasteiger partial charge is 0.370 e. The van der Waals surface area contributed by atoms with E-state index in [-0.39, 0.29) is 28.9 Å². The molecule has 2 heterocycles. The number of hydrogen-bond donors (Lipinski definition) is 1. The first-order chi connectivity index (χ1) is 15.0. The fourth-order valence-electron chi connectivity index (χ4n) is 3.39. The first-order valence-corrected chi connectivity index (χ1v) is 11.3. The molecule has 0 saturated carbocycles. The van der Waals surface area contributed by atoms with Crippen molar-refractivity contribution in [2.24, 2.45) is 0 Å². The molecule has 1 atom stereocenters. The van der Waals surface area contributed by atoms with Crippen LogP contribution in [0.5, 0.6) is 0 Å². The summed E-state index contributed by atoms with van der Waals surface area (Å²) in [6.07, 6.45) is 0.0454. The second-order valence-electron chi connectivity index (χ2n) is 7.64. The van der Waals surface area contributed by atoms with E-state index in [1.54, 1.807) is 24.8 Å². The van der Waals surface area contributed by atoms with E-state index in [0.717, 1.165) is 5.56 Å². The molecule has 3 aromatic rings. The third-order valence-electron chi connectivity index (χ3n) is 5.26. The zero-order chi connectivity index (χ0) is 21.8. The van der Waals surface area contributed by atoms with Gasteiger partial charge in [-0.05, 0) is 30.2 Å². The number of ether oxygens (including phenoxy) is 1. The summed E-state index contributed by atoms with van der Waals surface area (Å²) in [7, 11) is 0. The Balaban J connectivity index is 1.17. The Morgan fingerprint density at radius 2 is 2.03 bits per heavy atom. The number of amides is 2. The minimum absolute atomic E-state index is 0.0203. The van der Waals surface area contributed by atoms with Gasteiger partial charge in [0.2, 0.25) is 11.8 Å². The number of thioether (sulfide) groups is 1. The van der Waals surface area contributed by atoms with Crippen molar-refractivity contribution in [3.63, 3.8) is 0 Å². The number of nitrogens with one attached hydrogen (secondary N) is 1. The van der Waals surface area contributed by atoms with E-state index in [2.05, 4.69) is 34.7 Å². The number of carbonyl (C=O) groups excluding carboxylic acids is 2. The summed E-state index contributed by atoms with van der Waals surface area (Å²) in [6.45, 7) is 5.23. The van der Waals surface area contributed by atoms with Gasteiger partial charge in [-0.15, -0.1) is 11.8 Å². The molecule has 31 heavy (non-hydrogen) atoms. The third-order valence-corrected chi connectivity index (χ3v) is 6.39. The lowest BCUT2D eigenvalue weighted by Crippen LogP contribution is -2.55. The molecular formula is C23H25N3O4S. The molecular weight excluding hydrogens is 414 g/mol. The normalized spacial score (nSPS) is 15.0. The van der Waals surface area contributed by atoms with Gasteiger partial charge in [0, 0.05) is 19.2 Å². The summed E-state index contributed by atoms with van der Waals surface area (Å²) in [5.74, 6) is 1.08. The number of aryl methyl sites for hydroxylation is 1. The van der Waals surface area contributed by atoms with E-state index < -0.39 is 0 Å². The SMILES string of the molecule is Cc1cc(NC(=O)[C@@H](C)SCC(=O)N2CC(OCc3cccc4ccccc34)C2)no1. The molecule has 162 valence electrons. The number of fused-ring (bicyclic) bond motifs is 1. The summed E-state index contributed by atoms with van der Waals surface area (Å²) in [5.41, 5.74) is 1.15. The fraction of sp³-hybridized carbons (Fsp3) is 0.348. The number of nitrogens with zero attached hydrogens (tertiary/aromatic N) is 2. The van der Waals surface area contributed by atoms with Crippen molar-refractivity contribution in [3.05, 3.63) is 59.9 Å². The van der Waals surface area contributed by atoms with Gasteiger partial charge in [-0.2, -0.15) is 0 Å². The van der Waals surface area contributed by atoms with Crippen LogP contribution in [0.2, 0.25) is 0 Å². The third kappa shape index (κ3) is 5.26. The van der Waals surface area contributed by atoms with Crippen molar-refractivity contribution in [2.75, 3.05) is 24.2 Å². The predicted molar refractivity (Wildman–Crippen MR) is 121 cm³/mol. The summed E-state index contributed by atoms with van der Waals surface area (Å²) in [5, 5.41) is 8.45. The minimum atomic E-state index is -0.374. The molecule has 4 rings (SSSR count). The molecule has 2 aromatic carbocycles. The molecule has 1 aromatic heterocycles. The highest BCUT2D eigenvalue weighted by molar-refractivity contribution is 8.01. The first kappa shape index (κ1) is 21.4. The molecule has 1 fully saturated rings. The minimum Gasteiger partial charge on any atom is -0.370 e. The van der Waals surface area contributed by atoms with Crippen LogP contribution in [0.3, 0.4) is 0 Å². The van der Waals surface area contributed by atoms with Crippen molar-refractivity contribution in [3.8, 4) is 0 Å². The molecule has 1 aliphatic heterocycles. The Morgan fingerprint density at radius 3 is 2.81 bits per heavy atom. The van der Waals surface area contributed by atoms with Crippen molar-refractivity contribution < 1.29 is 18.8 Å². The summed E-state index contributed by atoms with van der Waals surface area (Å²) < 4.78 is 10.9. The maximum absolute atomic E-state index is 12.4. The van der Waals surface area contributed by atoms with Crippen LogP contribution in [0.15, 0.2) is 53.1 Å². The number of benzene rings is 2. The maximum Gasteiger partial charge on any atom is 0.238 e. The molecule has 1 N–H and O–H groups in total. The summed E-state index contributed by atoms with van der Waals surface area (Å²) in [6, 6.07) is 16.1. The van der Waals surface area contributed by atoms with Crippen molar-refractivity contribution >= 4 is 40.2 Å². The van der Waals surface area contributed by atoms with E-state index in [1.807, 2.05) is 18.2 Å². The van der Waals surface area contributed by atoms with Crippen molar-refractivity contribution in [2.45, 2.75) is 31.8 Å². The van der Waals surface area contributed by atoms with Gasteiger partial charge in [-0.1, -0.05) is 47.6 Å². The number of aromatic nitrogens is 1. The highest BCUT2D eigenvalue weighted by Crippen LogP contribution is 2.22. The van der Waals surface area contributed by atoms with Gasteiger partial charge in [0.05, 0.1) is 23.7 Å². The van der Waals surface area contributed by atoms with Gasteiger partial charge in [-0.25, -0.2) is 0 Å². The zero-order valence-electron chi connectivity index (χ0n) is 17.5. The van der Waals surface area contributed by atoms with Gasteiger partial charge >= 0.3 is 0 Å². The zero-order valence-corrected chi connectivity index (χ0v) is 18.4.